The predicted octanol–water partition coefficient (Wildman–Crippen LogP) is 0.572. The number of imidazole rings is 1. The van der Waals surface area contributed by atoms with Gasteiger partial charge in [-0.3, -0.25) is 4.79 Å². The molecule has 1 aliphatic carbocycles. The standard InChI is InChI=1S/C15H24N4O2/c1-18(2)9-4-7-14(20)17-12-5-3-6-13(15(12)21)19-10-8-16-11-19/h4,7-8,10-13,15,21H,3,5-6,9H2,1-2H3,(H,17,20)/b7-4+/t12-,13-,15-/m1/s1. The monoisotopic (exact) mass is 292 g/mol. The van der Waals surface area contributed by atoms with Crippen molar-refractivity contribution in [2.45, 2.75) is 37.5 Å². The number of nitrogens with zero attached hydrogens (tertiary/aromatic N) is 3. The number of nitrogens with one attached hydrogen (secondary N) is 1. The van der Waals surface area contributed by atoms with E-state index < -0.39 is 6.10 Å². The van der Waals surface area contributed by atoms with Crippen molar-refractivity contribution < 1.29 is 9.90 Å². The smallest absolute Gasteiger partial charge is 0.244 e. The quantitative estimate of drug-likeness (QED) is 0.779. The zero-order valence-electron chi connectivity index (χ0n) is 12.6. The first kappa shape index (κ1) is 15.7. The second-order valence-corrected chi connectivity index (χ2v) is 5.78. The highest BCUT2D eigenvalue weighted by Gasteiger charge is 2.33. The number of aromatic nitrogens is 2. The third-order valence-corrected chi connectivity index (χ3v) is 3.80. The number of carbonyl (C=O) groups is 1. The normalized spacial score (nSPS) is 26.4. The SMILES string of the molecule is CN(C)C/C=C/C(=O)N[C@@H]1CCC[C@@H](n2ccnc2)[C@@H]1O. The van der Waals surface area contributed by atoms with Crippen LogP contribution in [0.5, 0.6) is 0 Å². The highest BCUT2D eigenvalue weighted by molar-refractivity contribution is 5.87. The van der Waals surface area contributed by atoms with Gasteiger partial charge >= 0.3 is 0 Å². The Bertz CT molecular complexity index is 470. The molecule has 0 aliphatic heterocycles. The molecule has 21 heavy (non-hydrogen) atoms. The molecule has 1 amide bonds. The summed E-state index contributed by atoms with van der Waals surface area (Å²) in [7, 11) is 3.89. The molecule has 1 aliphatic rings. The number of likely N-dealkylation sites (N-methyl/N-ethyl adjacent to an activating group) is 1. The van der Waals surface area contributed by atoms with Crippen LogP contribution >= 0.6 is 0 Å². The molecule has 2 N–H and O–H groups in total. The van der Waals surface area contributed by atoms with Crippen LogP contribution in [0.15, 0.2) is 30.9 Å². The van der Waals surface area contributed by atoms with E-state index in [1.165, 1.54) is 6.08 Å². The second kappa shape index (κ2) is 7.38. The largest absolute Gasteiger partial charge is 0.389 e. The summed E-state index contributed by atoms with van der Waals surface area (Å²) in [6.45, 7) is 0.721. The molecular formula is C15H24N4O2. The number of aliphatic hydroxyl groups excluding tert-OH is 1. The fourth-order valence-electron chi connectivity index (χ4n) is 2.71. The first-order valence-electron chi connectivity index (χ1n) is 7.35. The number of hydrogen-bond donors (Lipinski definition) is 2. The lowest BCUT2D eigenvalue weighted by Crippen LogP contribution is -2.48. The van der Waals surface area contributed by atoms with Gasteiger partial charge in [0.25, 0.3) is 0 Å². The molecule has 1 aromatic rings. The summed E-state index contributed by atoms with van der Waals surface area (Å²) in [6.07, 6.45) is 10.7. The molecule has 1 aromatic heterocycles. The molecule has 116 valence electrons. The molecule has 2 rings (SSSR count). The molecule has 0 unspecified atom stereocenters. The van der Waals surface area contributed by atoms with Gasteiger partial charge in [-0.25, -0.2) is 4.98 Å². The van der Waals surface area contributed by atoms with Crippen molar-refractivity contribution in [2.75, 3.05) is 20.6 Å². The van der Waals surface area contributed by atoms with Crippen LogP contribution in [0.3, 0.4) is 0 Å². The molecule has 0 spiro atoms. The van der Waals surface area contributed by atoms with Crippen LogP contribution < -0.4 is 5.32 Å². The number of carbonyl (C=O) groups excluding carboxylic acids is 1. The highest BCUT2D eigenvalue weighted by Crippen LogP contribution is 2.28. The van der Waals surface area contributed by atoms with E-state index in [0.717, 1.165) is 25.8 Å². The van der Waals surface area contributed by atoms with Crippen LogP contribution in [-0.2, 0) is 4.79 Å². The molecule has 0 radical (unpaired) electrons. The van der Waals surface area contributed by atoms with Crippen molar-refractivity contribution in [3.8, 4) is 0 Å². The zero-order valence-corrected chi connectivity index (χ0v) is 12.6. The number of hydrogen-bond acceptors (Lipinski definition) is 4. The van der Waals surface area contributed by atoms with Gasteiger partial charge < -0.3 is 19.9 Å². The fraction of sp³-hybridized carbons (Fsp3) is 0.600. The molecule has 3 atom stereocenters. The van der Waals surface area contributed by atoms with Crippen molar-refractivity contribution >= 4 is 5.91 Å². The first-order chi connectivity index (χ1) is 10.1. The Hall–Kier alpha value is -1.66. The van der Waals surface area contributed by atoms with Crippen molar-refractivity contribution in [3.05, 3.63) is 30.9 Å². The highest BCUT2D eigenvalue weighted by atomic mass is 16.3. The predicted molar refractivity (Wildman–Crippen MR) is 80.7 cm³/mol. The Morgan fingerprint density at radius 1 is 1.52 bits per heavy atom. The van der Waals surface area contributed by atoms with E-state index in [2.05, 4.69) is 10.3 Å². The summed E-state index contributed by atoms with van der Waals surface area (Å²) in [5, 5.41) is 13.4. The third-order valence-electron chi connectivity index (χ3n) is 3.80. The van der Waals surface area contributed by atoms with Gasteiger partial charge in [0.05, 0.1) is 24.5 Å². The van der Waals surface area contributed by atoms with Crippen molar-refractivity contribution in [3.63, 3.8) is 0 Å². The van der Waals surface area contributed by atoms with E-state index in [1.54, 1.807) is 12.5 Å². The van der Waals surface area contributed by atoms with Gasteiger partial charge in [0.1, 0.15) is 0 Å². The Kier molecular flexibility index (Phi) is 5.52. The molecule has 0 aromatic carbocycles. The number of rotatable bonds is 5. The van der Waals surface area contributed by atoms with Gasteiger partial charge in [-0.05, 0) is 33.4 Å². The fourth-order valence-corrected chi connectivity index (χ4v) is 2.71. The lowest BCUT2D eigenvalue weighted by molar-refractivity contribution is -0.118. The van der Waals surface area contributed by atoms with Gasteiger partial charge in [-0.15, -0.1) is 0 Å². The van der Waals surface area contributed by atoms with Crippen LogP contribution in [0.1, 0.15) is 25.3 Å². The van der Waals surface area contributed by atoms with E-state index in [0.29, 0.717) is 0 Å². The maximum atomic E-state index is 11.9. The van der Waals surface area contributed by atoms with E-state index in [1.807, 2.05) is 35.8 Å². The van der Waals surface area contributed by atoms with Crippen LogP contribution in [0, 0.1) is 0 Å². The van der Waals surface area contributed by atoms with E-state index in [4.69, 9.17) is 0 Å². The zero-order chi connectivity index (χ0) is 15.2. The third kappa shape index (κ3) is 4.41. The average Bonchev–Trinajstić information content (AvgIpc) is 2.94. The minimum atomic E-state index is -0.584. The Morgan fingerprint density at radius 3 is 3.00 bits per heavy atom. The average molecular weight is 292 g/mol. The molecule has 6 heteroatoms. The van der Waals surface area contributed by atoms with Gasteiger partial charge in [-0.2, -0.15) is 0 Å². The van der Waals surface area contributed by atoms with Crippen LogP contribution in [0.4, 0.5) is 0 Å². The summed E-state index contributed by atoms with van der Waals surface area (Å²) in [5.41, 5.74) is 0. The van der Waals surface area contributed by atoms with Crippen molar-refractivity contribution in [1.82, 2.24) is 19.8 Å². The van der Waals surface area contributed by atoms with Crippen LogP contribution in [0.25, 0.3) is 0 Å². The minimum Gasteiger partial charge on any atom is -0.389 e. The van der Waals surface area contributed by atoms with Crippen LogP contribution in [0.2, 0.25) is 0 Å². The van der Waals surface area contributed by atoms with E-state index in [9.17, 15) is 9.90 Å². The van der Waals surface area contributed by atoms with Gasteiger partial charge in [0.2, 0.25) is 5.91 Å². The summed E-state index contributed by atoms with van der Waals surface area (Å²) in [4.78, 5) is 17.9. The van der Waals surface area contributed by atoms with E-state index in [-0.39, 0.29) is 18.0 Å². The van der Waals surface area contributed by atoms with Crippen LogP contribution in [-0.4, -0.2) is 58.3 Å². The topological polar surface area (TPSA) is 70.4 Å². The Morgan fingerprint density at radius 2 is 2.33 bits per heavy atom. The van der Waals surface area contributed by atoms with Crippen molar-refractivity contribution in [1.29, 1.82) is 0 Å². The van der Waals surface area contributed by atoms with Gasteiger partial charge in [0, 0.05) is 25.0 Å². The maximum Gasteiger partial charge on any atom is 0.244 e. The number of amides is 1. The van der Waals surface area contributed by atoms with Crippen molar-refractivity contribution in [2.24, 2.45) is 0 Å². The molecule has 1 saturated carbocycles. The molecule has 1 heterocycles. The molecule has 1 fully saturated rings. The second-order valence-electron chi connectivity index (χ2n) is 5.78. The molecule has 0 bridgehead atoms. The molecular weight excluding hydrogens is 268 g/mol. The molecule has 6 nitrogen and oxygen atoms in total. The summed E-state index contributed by atoms with van der Waals surface area (Å²) >= 11 is 0. The summed E-state index contributed by atoms with van der Waals surface area (Å²) in [5.74, 6) is -0.146. The number of aliphatic hydroxyl groups is 1. The Labute approximate surface area is 125 Å². The van der Waals surface area contributed by atoms with Gasteiger partial charge in [-0.1, -0.05) is 6.08 Å². The molecule has 0 saturated heterocycles. The van der Waals surface area contributed by atoms with E-state index >= 15 is 0 Å². The Balaban J connectivity index is 1.91. The summed E-state index contributed by atoms with van der Waals surface area (Å²) in [6, 6.07) is -0.222. The maximum absolute atomic E-state index is 11.9. The minimum absolute atomic E-state index is 0.0164. The van der Waals surface area contributed by atoms with Gasteiger partial charge in [0.15, 0.2) is 0 Å². The first-order valence-corrected chi connectivity index (χ1v) is 7.35. The summed E-state index contributed by atoms with van der Waals surface area (Å²) < 4.78 is 1.92. The lowest BCUT2D eigenvalue weighted by Gasteiger charge is -2.35. The lowest BCUT2D eigenvalue weighted by atomic mass is 9.88.